The van der Waals surface area contributed by atoms with Crippen LogP contribution in [0.4, 0.5) is 5.69 Å². The molecule has 0 spiro atoms. The standard InChI is InChI=1S/C53H90N8O17/c1-50(2,3)75-42(63)28-54-18-20-59(33-44(65)77-52(7,8)9)31-39(60(34-45(66)78-53(10,11)12)21-19-55-29-43(64)76-51(4,5)6)27-36-13-15-37(16-14-36)56-41(62)17-22-71-23-24-72-25-26-73-35-38-30-61(58-57-38)32-40-46(67)47(68)48(69)49(70)74-40/h13-16,30,39-40,46-49,54-55,67-70H,17-29,31-35H2,1-12H3,(H,56,62)/t39?,40-,46+,47-,48-,49+/m0/s1. The third-order valence-electron chi connectivity index (χ3n) is 10.9. The number of benzene rings is 1. The second-order valence-electron chi connectivity index (χ2n) is 23.0. The Morgan fingerprint density at radius 3 is 1.73 bits per heavy atom. The van der Waals surface area contributed by atoms with Crippen LogP contribution < -0.4 is 16.0 Å². The maximum atomic E-state index is 13.6. The summed E-state index contributed by atoms with van der Waals surface area (Å²) in [6.07, 6.45) is -5.27. The van der Waals surface area contributed by atoms with Gasteiger partial charge in [-0.1, -0.05) is 17.3 Å². The van der Waals surface area contributed by atoms with E-state index < -0.39 is 83.0 Å². The van der Waals surface area contributed by atoms with Crippen LogP contribution in [0.1, 0.15) is 101 Å². The van der Waals surface area contributed by atoms with E-state index in [1.165, 1.54) is 4.68 Å². The number of rotatable bonds is 33. The Hall–Kier alpha value is -4.77. The molecular weight excluding hydrogens is 1020 g/mol. The predicted octanol–water partition coefficient (Wildman–Crippen LogP) is 0.718. The highest BCUT2D eigenvalue weighted by molar-refractivity contribution is 5.90. The molecule has 1 aliphatic rings. The zero-order valence-corrected chi connectivity index (χ0v) is 47.9. The molecule has 7 N–H and O–H groups in total. The Balaban J connectivity index is 1.60. The van der Waals surface area contributed by atoms with Gasteiger partial charge < -0.3 is 74.3 Å². The van der Waals surface area contributed by atoms with Crippen molar-refractivity contribution in [3.63, 3.8) is 0 Å². The molecule has 1 fully saturated rings. The Kier molecular flexibility index (Phi) is 28.1. The monoisotopic (exact) mass is 1110 g/mol. The molecule has 444 valence electrons. The van der Waals surface area contributed by atoms with Crippen molar-refractivity contribution in [3.8, 4) is 0 Å². The largest absolute Gasteiger partial charge is 0.459 e. The number of amides is 1. The highest BCUT2D eigenvalue weighted by Gasteiger charge is 2.43. The average Bonchev–Trinajstić information content (AvgIpc) is 3.75. The van der Waals surface area contributed by atoms with Gasteiger partial charge in [-0.3, -0.25) is 33.8 Å². The lowest BCUT2D eigenvalue weighted by atomic mass is 9.99. The number of ether oxygens (including phenoxy) is 8. The average molecular weight is 1110 g/mol. The maximum absolute atomic E-state index is 13.6. The van der Waals surface area contributed by atoms with E-state index in [1.807, 2.05) is 21.9 Å². The molecular formula is C53H90N8O17. The normalized spacial score (nSPS) is 18.7. The minimum Gasteiger partial charge on any atom is -0.459 e. The van der Waals surface area contributed by atoms with Crippen molar-refractivity contribution in [1.82, 2.24) is 35.4 Å². The number of hydrogen-bond acceptors (Lipinski definition) is 23. The van der Waals surface area contributed by atoms with Crippen molar-refractivity contribution in [3.05, 3.63) is 41.7 Å². The van der Waals surface area contributed by atoms with Gasteiger partial charge in [0, 0.05) is 44.5 Å². The van der Waals surface area contributed by atoms with Crippen LogP contribution in [0, 0.1) is 0 Å². The molecule has 78 heavy (non-hydrogen) atoms. The van der Waals surface area contributed by atoms with E-state index in [-0.39, 0.29) is 91.2 Å². The molecule has 2 heterocycles. The van der Waals surface area contributed by atoms with Crippen LogP contribution in [0.25, 0.3) is 0 Å². The third kappa shape index (κ3) is 29.4. The van der Waals surface area contributed by atoms with Crippen LogP contribution in [0.15, 0.2) is 30.5 Å². The zero-order chi connectivity index (χ0) is 58.3. The smallest absolute Gasteiger partial charge is 0.320 e. The highest BCUT2D eigenvalue weighted by Crippen LogP contribution is 2.22. The Morgan fingerprint density at radius 2 is 1.17 bits per heavy atom. The summed E-state index contributed by atoms with van der Waals surface area (Å²) in [7, 11) is 0. The molecule has 1 unspecified atom stereocenters. The van der Waals surface area contributed by atoms with E-state index in [0.717, 1.165) is 5.56 Å². The summed E-state index contributed by atoms with van der Waals surface area (Å²) in [6.45, 7) is 23.9. The van der Waals surface area contributed by atoms with Crippen LogP contribution in [-0.4, -0.2) is 226 Å². The first-order valence-electron chi connectivity index (χ1n) is 26.5. The van der Waals surface area contributed by atoms with Crippen LogP contribution in [0.2, 0.25) is 0 Å². The number of carbonyl (C=O) groups excluding carboxylic acids is 5. The number of anilines is 1. The van der Waals surface area contributed by atoms with Gasteiger partial charge in [-0.15, -0.1) is 5.10 Å². The van der Waals surface area contributed by atoms with E-state index in [0.29, 0.717) is 44.0 Å². The van der Waals surface area contributed by atoms with Crippen molar-refractivity contribution < 1.29 is 82.3 Å². The van der Waals surface area contributed by atoms with Crippen molar-refractivity contribution in [2.75, 3.05) is 97.3 Å². The molecule has 0 aliphatic carbocycles. The molecule has 6 atom stereocenters. The lowest BCUT2D eigenvalue weighted by Crippen LogP contribution is -2.58. The molecule has 1 aromatic carbocycles. The number of carbonyl (C=O) groups is 5. The fourth-order valence-corrected chi connectivity index (χ4v) is 7.69. The van der Waals surface area contributed by atoms with Crippen molar-refractivity contribution >= 4 is 35.5 Å². The molecule has 2 aromatic rings. The van der Waals surface area contributed by atoms with Crippen molar-refractivity contribution in [1.29, 1.82) is 0 Å². The van der Waals surface area contributed by atoms with Crippen molar-refractivity contribution in [2.24, 2.45) is 0 Å². The van der Waals surface area contributed by atoms with E-state index in [1.54, 1.807) is 101 Å². The van der Waals surface area contributed by atoms with E-state index in [4.69, 9.17) is 37.9 Å². The molecule has 0 radical (unpaired) electrons. The molecule has 25 heteroatoms. The predicted molar refractivity (Wildman–Crippen MR) is 285 cm³/mol. The quantitative estimate of drug-likeness (QED) is 0.0294. The molecule has 1 saturated heterocycles. The summed E-state index contributed by atoms with van der Waals surface area (Å²) < 4.78 is 45.8. The van der Waals surface area contributed by atoms with Crippen molar-refractivity contribution in [2.45, 2.75) is 168 Å². The van der Waals surface area contributed by atoms with Gasteiger partial charge >= 0.3 is 23.9 Å². The first-order chi connectivity index (χ1) is 36.3. The number of aromatic nitrogens is 3. The van der Waals surface area contributed by atoms with Gasteiger partial charge in [-0.2, -0.15) is 0 Å². The Labute approximate surface area is 459 Å². The first kappa shape index (κ1) is 67.5. The summed E-state index contributed by atoms with van der Waals surface area (Å²) >= 11 is 0. The zero-order valence-electron chi connectivity index (χ0n) is 47.9. The summed E-state index contributed by atoms with van der Waals surface area (Å²) in [5, 5.41) is 56.6. The third-order valence-corrected chi connectivity index (χ3v) is 10.9. The second kappa shape index (κ2) is 32.5. The van der Waals surface area contributed by atoms with Crippen LogP contribution in [0.5, 0.6) is 0 Å². The maximum Gasteiger partial charge on any atom is 0.320 e. The van der Waals surface area contributed by atoms with Gasteiger partial charge in [0.05, 0.1) is 85.0 Å². The molecule has 0 saturated carbocycles. The molecule has 0 bridgehead atoms. The first-order valence-corrected chi connectivity index (χ1v) is 26.5. The van der Waals surface area contributed by atoms with Gasteiger partial charge in [0.1, 0.15) is 52.5 Å². The molecule has 25 nitrogen and oxygen atoms in total. The van der Waals surface area contributed by atoms with Gasteiger partial charge in [0.15, 0.2) is 6.29 Å². The summed E-state index contributed by atoms with van der Waals surface area (Å²) in [5.74, 6) is -2.02. The number of hydrogen-bond donors (Lipinski definition) is 7. The fourth-order valence-electron chi connectivity index (χ4n) is 7.69. The minimum absolute atomic E-state index is 0.0287. The second-order valence-corrected chi connectivity index (χ2v) is 23.0. The molecule has 1 aromatic heterocycles. The van der Waals surface area contributed by atoms with Gasteiger partial charge in [-0.25, -0.2) is 4.68 Å². The Morgan fingerprint density at radius 1 is 0.654 bits per heavy atom. The number of nitrogens with zero attached hydrogens (tertiary/aromatic N) is 5. The summed E-state index contributed by atoms with van der Waals surface area (Å²) in [6, 6.07) is 6.90. The van der Waals surface area contributed by atoms with Crippen LogP contribution >= 0.6 is 0 Å². The topological polar surface area (TPSA) is 313 Å². The molecule has 1 amide bonds. The van der Waals surface area contributed by atoms with E-state index >= 15 is 0 Å². The fraction of sp³-hybridized carbons (Fsp3) is 0.755. The number of esters is 4. The van der Waals surface area contributed by atoms with Crippen LogP contribution in [-0.2, 0) is 81.4 Å². The number of nitrogens with one attached hydrogen (secondary N) is 3. The van der Waals surface area contributed by atoms with Crippen LogP contribution in [0.3, 0.4) is 0 Å². The van der Waals surface area contributed by atoms with Gasteiger partial charge in [0.25, 0.3) is 0 Å². The molecule has 1 aliphatic heterocycles. The lowest BCUT2D eigenvalue weighted by Gasteiger charge is -2.38. The van der Waals surface area contributed by atoms with Gasteiger partial charge in [-0.05, 0) is 107 Å². The highest BCUT2D eigenvalue weighted by atomic mass is 16.6. The number of aliphatic hydroxyl groups excluding tert-OH is 4. The summed E-state index contributed by atoms with van der Waals surface area (Å²) in [4.78, 5) is 68.8. The lowest BCUT2D eigenvalue weighted by molar-refractivity contribution is -0.284. The SMILES string of the molecule is CC(C)(C)OC(=O)CNCCN(CC(=O)OC(C)(C)C)CC(Cc1ccc(NC(=O)CCOCCOCCOCc2cn(C[C@@H]3O[C@@H](O)[C@@H](O)[C@@H](O)[C@@H]3O)nn2)cc1)N(CCNCC(=O)OC(C)(C)C)CC(=O)OC(C)(C)C. The van der Waals surface area contributed by atoms with Gasteiger partial charge in [0.2, 0.25) is 5.91 Å². The molecule has 3 rings (SSSR count). The summed E-state index contributed by atoms with van der Waals surface area (Å²) in [5.41, 5.74) is -0.924. The Bertz CT molecular complexity index is 2120. The van der Waals surface area contributed by atoms with E-state index in [2.05, 4.69) is 26.3 Å². The minimum atomic E-state index is -1.65. The van der Waals surface area contributed by atoms with E-state index in [9.17, 15) is 44.4 Å². The number of aliphatic hydroxyl groups is 4.